The van der Waals surface area contributed by atoms with Gasteiger partial charge in [0.1, 0.15) is 12.3 Å². The van der Waals surface area contributed by atoms with E-state index in [9.17, 15) is 24.3 Å². The van der Waals surface area contributed by atoms with Crippen molar-refractivity contribution in [3.63, 3.8) is 0 Å². The van der Waals surface area contributed by atoms with Crippen molar-refractivity contribution in [2.24, 2.45) is 0 Å². The molecule has 12 heteroatoms. The van der Waals surface area contributed by atoms with Crippen LogP contribution in [-0.2, 0) is 4.79 Å². The highest BCUT2D eigenvalue weighted by molar-refractivity contribution is 6.55. The number of hydrogen-bond donors (Lipinski definition) is 3. The van der Waals surface area contributed by atoms with Gasteiger partial charge in [-0.1, -0.05) is 46.4 Å². The van der Waals surface area contributed by atoms with Gasteiger partial charge in [0.05, 0.1) is 42.5 Å². The highest BCUT2D eigenvalue weighted by Crippen LogP contribution is 2.44. The van der Waals surface area contributed by atoms with Crippen molar-refractivity contribution in [2.75, 3.05) is 11.9 Å². The monoisotopic (exact) mass is 476 g/mol. The topological polar surface area (TPSA) is 124 Å². The van der Waals surface area contributed by atoms with Gasteiger partial charge >= 0.3 is 5.97 Å². The third-order valence-electron chi connectivity index (χ3n) is 4.00. The van der Waals surface area contributed by atoms with E-state index in [0.29, 0.717) is 4.90 Å². The van der Waals surface area contributed by atoms with Gasteiger partial charge in [0, 0.05) is 0 Å². The number of hydrogen-bond acceptors (Lipinski definition) is 5. The molecule has 3 amide bonds. The van der Waals surface area contributed by atoms with Gasteiger partial charge in [-0.3, -0.25) is 19.3 Å². The number of carboxylic acid groups (broad SMARTS) is 1. The number of rotatable bonds is 4. The van der Waals surface area contributed by atoms with Crippen molar-refractivity contribution in [3.8, 4) is 5.75 Å². The second-order valence-electron chi connectivity index (χ2n) is 5.79. The van der Waals surface area contributed by atoms with Crippen LogP contribution in [-0.4, -0.2) is 45.3 Å². The van der Waals surface area contributed by atoms with Gasteiger partial charge in [-0.05, 0) is 18.2 Å². The molecular formula is C17H8Cl4N2O6. The fraction of sp³-hybridized carbons (Fsp3) is 0.0588. The number of anilines is 1. The maximum absolute atomic E-state index is 12.6. The standard InChI is InChI=1S/C17H8Cl4N2O6/c18-11-9-10(12(19)14(21)13(11)20)16(27)23(15(9)26)4-8(25)22-6-3-5(17(28)29)1-2-7(6)24/h1-3,24H,4H2,(H,22,25)(H,28,29). The Labute approximate surface area is 182 Å². The first kappa shape index (κ1) is 21.2. The highest BCUT2D eigenvalue weighted by atomic mass is 35.5. The number of aromatic carboxylic acids is 1. The Morgan fingerprint density at radius 2 is 1.45 bits per heavy atom. The normalized spacial score (nSPS) is 12.9. The van der Waals surface area contributed by atoms with Crippen LogP contribution in [0.5, 0.6) is 5.75 Å². The maximum atomic E-state index is 12.6. The molecule has 0 unspecified atom stereocenters. The van der Waals surface area contributed by atoms with Crippen LogP contribution in [0.15, 0.2) is 18.2 Å². The number of nitrogens with one attached hydrogen (secondary N) is 1. The zero-order valence-electron chi connectivity index (χ0n) is 13.9. The molecule has 150 valence electrons. The Morgan fingerprint density at radius 1 is 0.931 bits per heavy atom. The average Bonchev–Trinajstić information content (AvgIpc) is 2.91. The molecule has 0 bridgehead atoms. The van der Waals surface area contributed by atoms with E-state index >= 15 is 0 Å². The van der Waals surface area contributed by atoms with Crippen molar-refractivity contribution < 1.29 is 29.4 Å². The summed E-state index contributed by atoms with van der Waals surface area (Å²) in [7, 11) is 0. The maximum Gasteiger partial charge on any atom is 0.335 e. The van der Waals surface area contributed by atoms with Crippen LogP contribution < -0.4 is 5.32 Å². The molecule has 0 radical (unpaired) electrons. The van der Waals surface area contributed by atoms with E-state index in [1.54, 1.807) is 0 Å². The Balaban J connectivity index is 1.88. The molecule has 3 N–H and O–H groups in total. The third kappa shape index (κ3) is 3.60. The summed E-state index contributed by atoms with van der Waals surface area (Å²) in [6, 6.07) is 3.23. The molecule has 0 aliphatic carbocycles. The summed E-state index contributed by atoms with van der Waals surface area (Å²) in [5, 5.41) is 20.1. The van der Waals surface area contributed by atoms with Crippen molar-refractivity contribution in [1.82, 2.24) is 4.90 Å². The number of aromatic hydroxyl groups is 1. The molecule has 1 heterocycles. The summed E-state index contributed by atoms with van der Waals surface area (Å²) in [4.78, 5) is 49.1. The number of carbonyl (C=O) groups is 4. The number of imide groups is 1. The highest BCUT2D eigenvalue weighted by Gasteiger charge is 2.42. The Kier molecular flexibility index (Phi) is 5.64. The second kappa shape index (κ2) is 7.72. The summed E-state index contributed by atoms with van der Waals surface area (Å²) in [6.45, 7) is -0.759. The van der Waals surface area contributed by atoms with Crippen LogP contribution in [0, 0.1) is 0 Å². The van der Waals surface area contributed by atoms with Gasteiger partial charge in [-0.25, -0.2) is 4.79 Å². The molecule has 3 rings (SSSR count). The van der Waals surface area contributed by atoms with E-state index in [0.717, 1.165) is 18.2 Å². The van der Waals surface area contributed by atoms with Crippen molar-refractivity contribution in [1.29, 1.82) is 0 Å². The number of carbonyl (C=O) groups excluding carboxylic acids is 3. The molecule has 0 atom stereocenters. The van der Waals surface area contributed by atoms with Gasteiger partial charge < -0.3 is 15.5 Å². The first-order valence-electron chi connectivity index (χ1n) is 7.62. The summed E-state index contributed by atoms with van der Waals surface area (Å²) in [5.41, 5.74) is -0.963. The van der Waals surface area contributed by atoms with Crippen molar-refractivity contribution >= 4 is 75.8 Å². The van der Waals surface area contributed by atoms with Crippen LogP contribution >= 0.6 is 46.4 Å². The van der Waals surface area contributed by atoms with E-state index in [1.165, 1.54) is 0 Å². The van der Waals surface area contributed by atoms with E-state index in [2.05, 4.69) is 5.32 Å². The molecule has 0 fully saturated rings. The van der Waals surface area contributed by atoms with Crippen LogP contribution in [0.25, 0.3) is 0 Å². The molecule has 0 saturated carbocycles. The van der Waals surface area contributed by atoms with Gasteiger partial charge in [-0.15, -0.1) is 0 Å². The molecule has 0 spiro atoms. The first-order chi connectivity index (χ1) is 13.5. The zero-order valence-corrected chi connectivity index (χ0v) is 16.9. The number of fused-ring (bicyclic) bond motifs is 1. The number of phenols is 1. The molecule has 2 aromatic rings. The summed E-state index contributed by atoms with van der Waals surface area (Å²) < 4.78 is 0. The minimum absolute atomic E-state index is 0.193. The molecule has 0 aromatic heterocycles. The smallest absolute Gasteiger partial charge is 0.335 e. The zero-order chi connectivity index (χ0) is 21.6. The third-order valence-corrected chi connectivity index (χ3v) is 5.81. The van der Waals surface area contributed by atoms with E-state index in [-0.39, 0.29) is 42.5 Å². The van der Waals surface area contributed by atoms with Gasteiger partial charge in [0.2, 0.25) is 5.91 Å². The fourth-order valence-corrected chi connectivity index (χ4v) is 3.66. The van der Waals surface area contributed by atoms with Gasteiger partial charge in [0.15, 0.2) is 0 Å². The lowest BCUT2D eigenvalue weighted by Crippen LogP contribution is -2.37. The van der Waals surface area contributed by atoms with Crippen LogP contribution in [0.1, 0.15) is 31.1 Å². The number of nitrogens with zero attached hydrogens (tertiary/aromatic N) is 1. The van der Waals surface area contributed by atoms with Crippen molar-refractivity contribution in [2.45, 2.75) is 0 Å². The van der Waals surface area contributed by atoms with E-state index in [4.69, 9.17) is 51.5 Å². The van der Waals surface area contributed by atoms with Crippen LogP contribution in [0.3, 0.4) is 0 Å². The molecule has 2 aromatic carbocycles. The molecular weight excluding hydrogens is 470 g/mol. The minimum atomic E-state index is -1.28. The quantitative estimate of drug-likeness (QED) is 0.265. The number of halogens is 4. The minimum Gasteiger partial charge on any atom is -0.506 e. The summed E-state index contributed by atoms with van der Waals surface area (Å²) in [5.74, 6) is -4.39. The predicted octanol–water partition coefficient (Wildman–Crippen LogP) is 3.94. The predicted molar refractivity (Wildman–Crippen MR) is 106 cm³/mol. The Morgan fingerprint density at radius 3 is 1.93 bits per heavy atom. The number of carboxylic acids is 1. The fourth-order valence-electron chi connectivity index (χ4n) is 2.64. The summed E-state index contributed by atoms with van der Waals surface area (Å²) >= 11 is 23.8. The Hall–Kier alpha value is -2.52. The molecule has 1 aliphatic heterocycles. The van der Waals surface area contributed by atoms with Gasteiger partial charge in [0.25, 0.3) is 11.8 Å². The van der Waals surface area contributed by atoms with E-state index < -0.39 is 36.0 Å². The average molecular weight is 478 g/mol. The lowest BCUT2D eigenvalue weighted by molar-refractivity contribution is -0.116. The summed E-state index contributed by atoms with van der Waals surface area (Å²) in [6.07, 6.45) is 0. The Bertz CT molecular complexity index is 1070. The number of amides is 3. The molecule has 8 nitrogen and oxygen atoms in total. The van der Waals surface area contributed by atoms with E-state index in [1.807, 2.05) is 0 Å². The molecule has 1 aliphatic rings. The van der Waals surface area contributed by atoms with Gasteiger partial charge in [-0.2, -0.15) is 0 Å². The van der Waals surface area contributed by atoms with Crippen molar-refractivity contribution in [3.05, 3.63) is 55.0 Å². The SMILES string of the molecule is O=C(CN1C(=O)c2c(Cl)c(Cl)c(Cl)c(Cl)c2C1=O)Nc1cc(C(=O)O)ccc1O. The second-order valence-corrected chi connectivity index (χ2v) is 7.30. The number of benzene rings is 2. The number of phenolic OH excluding ortho intramolecular Hbond substituents is 1. The molecule has 0 saturated heterocycles. The molecule has 29 heavy (non-hydrogen) atoms. The lowest BCUT2D eigenvalue weighted by atomic mass is 10.1. The largest absolute Gasteiger partial charge is 0.506 e. The first-order valence-corrected chi connectivity index (χ1v) is 9.14. The van der Waals surface area contributed by atoms with Crippen LogP contribution in [0.4, 0.5) is 5.69 Å². The van der Waals surface area contributed by atoms with Crippen LogP contribution in [0.2, 0.25) is 20.1 Å². The lowest BCUT2D eigenvalue weighted by Gasteiger charge is -2.14.